The minimum atomic E-state index is -0.132. The fourth-order valence-electron chi connectivity index (χ4n) is 2.98. The lowest BCUT2D eigenvalue weighted by Gasteiger charge is -2.35. The molecule has 1 aliphatic carbocycles. The average Bonchev–Trinajstić information content (AvgIpc) is 3.00. The molecular weight excluding hydrogens is 330 g/mol. The van der Waals surface area contributed by atoms with Gasteiger partial charge in [0.15, 0.2) is 0 Å². The van der Waals surface area contributed by atoms with E-state index in [2.05, 4.69) is 33.0 Å². The predicted molar refractivity (Wildman–Crippen MR) is 85.8 cm³/mol. The van der Waals surface area contributed by atoms with Crippen LogP contribution in [0.2, 0.25) is 0 Å². The smallest absolute Gasteiger partial charge is 0.234 e. The van der Waals surface area contributed by atoms with E-state index in [4.69, 9.17) is 10.3 Å². The Hall–Kier alpha value is -1.20. The first-order valence-electron chi connectivity index (χ1n) is 7.43. The van der Waals surface area contributed by atoms with Gasteiger partial charge in [-0.2, -0.15) is 4.98 Å². The van der Waals surface area contributed by atoms with Gasteiger partial charge < -0.3 is 10.3 Å². The first kappa shape index (κ1) is 14.7. The summed E-state index contributed by atoms with van der Waals surface area (Å²) in [6.45, 7) is 2.86. The zero-order chi connectivity index (χ0) is 14.9. The number of hydrogen-bond acceptors (Lipinski definition) is 4. The molecule has 21 heavy (non-hydrogen) atoms. The molecule has 1 heterocycles. The standard InChI is InChI=1S/C16H20BrN3O/c1-11-6-8-16(10-18,9-7-11)15-19-14(20-21-15)12-2-4-13(17)5-3-12/h2-5,11H,6-10,18H2,1H3. The van der Waals surface area contributed by atoms with Crippen LogP contribution in [-0.2, 0) is 5.41 Å². The molecule has 0 unspecified atom stereocenters. The van der Waals surface area contributed by atoms with Crippen molar-refractivity contribution in [3.63, 3.8) is 0 Å². The number of nitrogens with zero attached hydrogens (tertiary/aromatic N) is 2. The molecule has 0 aliphatic heterocycles. The van der Waals surface area contributed by atoms with Gasteiger partial charge >= 0.3 is 0 Å². The van der Waals surface area contributed by atoms with Crippen molar-refractivity contribution in [2.75, 3.05) is 6.54 Å². The van der Waals surface area contributed by atoms with Gasteiger partial charge in [-0.15, -0.1) is 0 Å². The summed E-state index contributed by atoms with van der Waals surface area (Å²) in [6.07, 6.45) is 4.42. The quantitative estimate of drug-likeness (QED) is 0.912. The minimum absolute atomic E-state index is 0.132. The van der Waals surface area contributed by atoms with Gasteiger partial charge in [0.25, 0.3) is 0 Å². The summed E-state index contributed by atoms with van der Waals surface area (Å²) in [5.74, 6) is 2.11. The molecule has 1 aromatic carbocycles. The molecule has 112 valence electrons. The van der Waals surface area contributed by atoms with Crippen LogP contribution in [0, 0.1) is 5.92 Å². The maximum atomic E-state index is 6.05. The van der Waals surface area contributed by atoms with E-state index in [0.29, 0.717) is 18.3 Å². The highest BCUT2D eigenvalue weighted by molar-refractivity contribution is 9.10. The topological polar surface area (TPSA) is 64.9 Å². The SMILES string of the molecule is CC1CCC(CN)(c2nc(-c3ccc(Br)cc3)no2)CC1. The lowest BCUT2D eigenvalue weighted by molar-refractivity contribution is 0.191. The third-order valence-electron chi connectivity index (χ3n) is 4.60. The molecule has 5 heteroatoms. The van der Waals surface area contributed by atoms with Gasteiger partial charge in [0.1, 0.15) is 0 Å². The number of nitrogens with two attached hydrogens (primary N) is 1. The fraction of sp³-hybridized carbons (Fsp3) is 0.500. The van der Waals surface area contributed by atoms with Gasteiger partial charge in [0.05, 0.1) is 5.41 Å². The van der Waals surface area contributed by atoms with Crippen LogP contribution in [0.3, 0.4) is 0 Å². The van der Waals surface area contributed by atoms with E-state index in [9.17, 15) is 0 Å². The Morgan fingerprint density at radius 2 is 1.95 bits per heavy atom. The van der Waals surface area contributed by atoms with Crippen molar-refractivity contribution in [2.24, 2.45) is 11.7 Å². The maximum absolute atomic E-state index is 6.05. The molecule has 3 rings (SSSR count). The molecule has 2 aromatic rings. The highest BCUT2D eigenvalue weighted by atomic mass is 79.9. The number of rotatable bonds is 3. The molecule has 0 amide bonds. The molecule has 1 saturated carbocycles. The van der Waals surface area contributed by atoms with E-state index in [0.717, 1.165) is 28.8 Å². The van der Waals surface area contributed by atoms with E-state index >= 15 is 0 Å². The Kier molecular flexibility index (Phi) is 4.13. The number of benzene rings is 1. The van der Waals surface area contributed by atoms with Crippen molar-refractivity contribution in [3.05, 3.63) is 34.6 Å². The van der Waals surface area contributed by atoms with Gasteiger partial charge in [-0.1, -0.05) is 28.0 Å². The Balaban J connectivity index is 1.88. The lowest BCUT2D eigenvalue weighted by Crippen LogP contribution is -2.39. The molecular formula is C16H20BrN3O. The largest absolute Gasteiger partial charge is 0.338 e. The summed E-state index contributed by atoms with van der Waals surface area (Å²) in [5, 5.41) is 4.15. The van der Waals surface area contributed by atoms with Crippen LogP contribution >= 0.6 is 15.9 Å². The summed E-state index contributed by atoms with van der Waals surface area (Å²) < 4.78 is 6.60. The van der Waals surface area contributed by atoms with Gasteiger partial charge in [-0.3, -0.25) is 0 Å². The van der Waals surface area contributed by atoms with E-state index in [1.54, 1.807) is 0 Å². The van der Waals surface area contributed by atoms with Gasteiger partial charge in [-0.05, 0) is 55.9 Å². The summed E-state index contributed by atoms with van der Waals surface area (Å²) >= 11 is 3.43. The summed E-state index contributed by atoms with van der Waals surface area (Å²) in [5.41, 5.74) is 6.88. The highest BCUT2D eigenvalue weighted by Gasteiger charge is 2.39. The molecule has 0 bridgehead atoms. The normalized spacial score (nSPS) is 26.0. The van der Waals surface area contributed by atoms with Crippen LogP contribution < -0.4 is 5.73 Å². The van der Waals surface area contributed by atoms with Crippen molar-refractivity contribution in [1.82, 2.24) is 10.1 Å². The number of halogens is 1. The zero-order valence-corrected chi connectivity index (χ0v) is 13.8. The molecule has 0 radical (unpaired) electrons. The van der Waals surface area contributed by atoms with Crippen LogP contribution in [0.4, 0.5) is 0 Å². The predicted octanol–water partition coefficient (Wildman–Crippen LogP) is 3.91. The van der Waals surface area contributed by atoms with Gasteiger partial charge in [0, 0.05) is 16.6 Å². The minimum Gasteiger partial charge on any atom is -0.338 e. The third kappa shape index (κ3) is 2.90. The average molecular weight is 350 g/mol. The van der Waals surface area contributed by atoms with Crippen LogP contribution in [0.5, 0.6) is 0 Å². The van der Waals surface area contributed by atoms with Crippen molar-refractivity contribution >= 4 is 15.9 Å². The Labute approximate surface area is 133 Å². The zero-order valence-electron chi connectivity index (χ0n) is 12.2. The van der Waals surface area contributed by atoms with Gasteiger partial charge in [-0.25, -0.2) is 0 Å². The monoisotopic (exact) mass is 349 g/mol. The molecule has 2 N–H and O–H groups in total. The molecule has 1 aliphatic rings. The van der Waals surface area contributed by atoms with E-state index < -0.39 is 0 Å². The van der Waals surface area contributed by atoms with E-state index in [1.807, 2.05) is 24.3 Å². The third-order valence-corrected chi connectivity index (χ3v) is 5.13. The Bertz CT molecular complexity index is 600. The first-order chi connectivity index (χ1) is 10.1. The fourth-order valence-corrected chi connectivity index (χ4v) is 3.24. The number of hydrogen-bond donors (Lipinski definition) is 1. The molecule has 4 nitrogen and oxygen atoms in total. The first-order valence-corrected chi connectivity index (χ1v) is 8.22. The second kappa shape index (κ2) is 5.89. The second-order valence-corrected chi connectivity index (χ2v) is 7.01. The van der Waals surface area contributed by atoms with E-state index in [-0.39, 0.29) is 5.41 Å². The molecule has 0 saturated heterocycles. The van der Waals surface area contributed by atoms with Crippen molar-refractivity contribution in [2.45, 2.75) is 38.0 Å². The van der Waals surface area contributed by atoms with Gasteiger partial charge in [0.2, 0.25) is 11.7 Å². The highest BCUT2D eigenvalue weighted by Crippen LogP contribution is 2.40. The summed E-state index contributed by atoms with van der Waals surface area (Å²) in [4.78, 5) is 4.63. The Morgan fingerprint density at radius 3 is 2.57 bits per heavy atom. The van der Waals surface area contributed by atoms with Crippen LogP contribution in [0.15, 0.2) is 33.3 Å². The van der Waals surface area contributed by atoms with Crippen LogP contribution in [0.1, 0.15) is 38.5 Å². The molecule has 1 fully saturated rings. The molecule has 0 atom stereocenters. The number of aromatic nitrogens is 2. The van der Waals surface area contributed by atoms with Crippen LogP contribution in [0.25, 0.3) is 11.4 Å². The van der Waals surface area contributed by atoms with E-state index in [1.165, 1.54) is 12.8 Å². The summed E-state index contributed by atoms with van der Waals surface area (Å²) in [6, 6.07) is 7.92. The molecule has 0 spiro atoms. The van der Waals surface area contributed by atoms with Crippen molar-refractivity contribution in [3.8, 4) is 11.4 Å². The summed E-state index contributed by atoms with van der Waals surface area (Å²) in [7, 11) is 0. The lowest BCUT2D eigenvalue weighted by atomic mass is 9.71. The van der Waals surface area contributed by atoms with Crippen molar-refractivity contribution in [1.29, 1.82) is 0 Å². The molecule has 1 aromatic heterocycles. The second-order valence-electron chi connectivity index (χ2n) is 6.10. The van der Waals surface area contributed by atoms with Crippen LogP contribution in [-0.4, -0.2) is 16.7 Å². The maximum Gasteiger partial charge on any atom is 0.234 e. The Morgan fingerprint density at radius 1 is 1.29 bits per heavy atom. The van der Waals surface area contributed by atoms with Crippen molar-refractivity contribution < 1.29 is 4.52 Å².